The van der Waals surface area contributed by atoms with Crippen molar-refractivity contribution >= 4 is 46.1 Å². The van der Waals surface area contributed by atoms with Crippen LogP contribution in [0.4, 0.5) is 10.6 Å². The molecule has 0 unspecified atom stereocenters. The predicted molar refractivity (Wildman–Crippen MR) is 110 cm³/mol. The van der Waals surface area contributed by atoms with E-state index in [9.17, 15) is 4.79 Å². The van der Waals surface area contributed by atoms with Crippen molar-refractivity contribution in [3.05, 3.63) is 70.3 Å². The second-order valence-electron chi connectivity index (χ2n) is 6.04. The maximum absolute atomic E-state index is 12.1. The molecule has 4 rings (SSSR count). The van der Waals surface area contributed by atoms with Crippen LogP contribution in [0.25, 0.3) is 22.4 Å². The van der Waals surface area contributed by atoms with Gasteiger partial charge in [-0.15, -0.1) is 0 Å². The number of benzene rings is 2. The molecule has 2 N–H and O–H groups in total. The van der Waals surface area contributed by atoms with Gasteiger partial charge in [0.25, 0.3) is 0 Å². The Morgan fingerprint density at radius 1 is 1.04 bits per heavy atom. The largest absolute Gasteiger partial charge is 0.418 e. The summed E-state index contributed by atoms with van der Waals surface area (Å²) in [6, 6.07) is 15.7. The van der Waals surface area contributed by atoms with E-state index in [4.69, 9.17) is 27.9 Å². The molecule has 0 fully saturated rings. The number of aryl methyl sites for hydroxylation is 1. The highest BCUT2D eigenvalue weighted by molar-refractivity contribution is 6.39. The van der Waals surface area contributed by atoms with E-state index in [0.29, 0.717) is 38.5 Å². The lowest BCUT2D eigenvalue weighted by atomic mass is 10.2. The summed E-state index contributed by atoms with van der Waals surface area (Å²) in [7, 11) is 0. The molecule has 2 heterocycles. The number of carbonyl (C=O) groups excluding carboxylic acids is 1. The minimum Gasteiger partial charge on any atom is -0.410 e. The molecule has 0 atom stereocenters. The number of ether oxygens (including phenoxy) is 1. The van der Waals surface area contributed by atoms with Crippen molar-refractivity contribution in [1.82, 2.24) is 15.0 Å². The molecule has 6 nitrogen and oxygen atoms in total. The first kappa shape index (κ1) is 18.3. The number of anilines is 1. The van der Waals surface area contributed by atoms with Gasteiger partial charge in [-0.25, -0.2) is 14.8 Å². The van der Waals surface area contributed by atoms with Crippen LogP contribution in [-0.2, 0) is 0 Å². The fourth-order valence-electron chi connectivity index (χ4n) is 2.74. The zero-order chi connectivity index (χ0) is 19.7. The molecular formula is C20H14Cl2N4O2. The number of carbonyl (C=O) groups is 1. The molecule has 0 radical (unpaired) electrons. The quantitative estimate of drug-likeness (QED) is 0.442. The molecule has 0 bridgehead atoms. The number of amides is 1. The Labute approximate surface area is 170 Å². The molecule has 0 spiro atoms. The topological polar surface area (TPSA) is 79.9 Å². The Morgan fingerprint density at radius 2 is 1.79 bits per heavy atom. The SMILES string of the molecule is Cc1cccc(NC(=O)Oc2ccc3[nH]c(-c4c(Cl)cccc4Cl)nc3c2)n1. The summed E-state index contributed by atoms with van der Waals surface area (Å²) in [6.45, 7) is 1.84. The van der Waals surface area contributed by atoms with Crippen molar-refractivity contribution in [2.45, 2.75) is 6.92 Å². The maximum Gasteiger partial charge on any atom is 0.418 e. The van der Waals surface area contributed by atoms with E-state index >= 15 is 0 Å². The van der Waals surface area contributed by atoms with E-state index in [1.807, 2.05) is 13.0 Å². The number of H-pyrrole nitrogens is 1. The van der Waals surface area contributed by atoms with Gasteiger partial charge in [-0.05, 0) is 43.3 Å². The Hall–Kier alpha value is -3.09. The smallest absolute Gasteiger partial charge is 0.410 e. The van der Waals surface area contributed by atoms with Crippen LogP contribution < -0.4 is 10.1 Å². The summed E-state index contributed by atoms with van der Waals surface area (Å²) in [5.41, 5.74) is 2.79. The molecule has 0 aliphatic carbocycles. The van der Waals surface area contributed by atoms with Gasteiger partial charge in [-0.3, -0.25) is 5.32 Å². The second-order valence-corrected chi connectivity index (χ2v) is 6.85. The summed E-state index contributed by atoms with van der Waals surface area (Å²) < 4.78 is 5.33. The van der Waals surface area contributed by atoms with Crippen LogP contribution in [0.2, 0.25) is 10.0 Å². The zero-order valence-corrected chi connectivity index (χ0v) is 16.2. The van der Waals surface area contributed by atoms with Crippen molar-refractivity contribution in [1.29, 1.82) is 0 Å². The van der Waals surface area contributed by atoms with E-state index < -0.39 is 6.09 Å². The standard InChI is InChI=1S/C20H14Cl2N4O2/c1-11-4-2-7-17(23-11)26-20(27)28-12-8-9-15-16(10-12)25-19(24-15)18-13(21)5-3-6-14(18)22/h2-10H,1H3,(H,24,25)(H,23,26,27). The van der Waals surface area contributed by atoms with Gasteiger partial charge in [0, 0.05) is 11.8 Å². The van der Waals surface area contributed by atoms with Gasteiger partial charge in [0.2, 0.25) is 0 Å². The summed E-state index contributed by atoms with van der Waals surface area (Å²) in [5, 5.41) is 3.58. The number of aromatic amines is 1. The highest BCUT2D eigenvalue weighted by atomic mass is 35.5. The van der Waals surface area contributed by atoms with Crippen molar-refractivity contribution in [2.24, 2.45) is 0 Å². The predicted octanol–water partition coefficient (Wildman–Crippen LogP) is 5.85. The molecule has 1 amide bonds. The number of imidazole rings is 1. The molecule has 2 aromatic carbocycles. The lowest BCUT2D eigenvalue weighted by Crippen LogP contribution is -2.17. The van der Waals surface area contributed by atoms with E-state index in [1.165, 1.54) is 0 Å². The average Bonchev–Trinajstić information content (AvgIpc) is 3.04. The molecule has 8 heteroatoms. The Bertz CT molecular complexity index is 1170. The first-order chi connectivity index (χ1) is 13.5. The number of fused-ring (bicyclic) bond motifs is 1. The normalized spacial score (nSPS) is 10.8. The van der Waals surface area contributed by atoms with E-state index in [-0.39, 0.29) is 0 Å². The minimum absolute atomic E-state index is 0.348. The number of pyridine rings is 1. The van der Waals surface area contributed by atoms with E-state index in [0.717, 1.165) is 11.2 Å². The summed E-state index contributed by atoms with van der Waals surface area (Å²) in [5.74, 6) is 1.30. The van der Waals surface area contributed by atoms with Crippen LogP contribution >= 0.6 is 23.2 Å². The first-order valence-corrected chi connectivity index (χ1v) is 9.12. The Morgan fingerprint density at radius 3 is 2.54 bits per heavy atom. The van der Waals surface area contributed by atoms with Crippen LogP contribution in [0.5, 0.6) is 5.75 Å². The molecule has 140 valence electrons. The third kappa shape index (κ3) is 3.78. The molecule has 0 aliphatic rings. The number of nitrogens with one attached hydrogen (secondary N) is 2. The van der Waals surface area contributed by atoms with Gasteiger partial charge in [-0.1, -0.05) is 35.3 Å². The minimum atomic E-state index is -0.637. The van der Waals surface area contributed by atoms with Crippen LogP contribution in [0.15, 0.2) is 54.6 Å². The van der Waals surface area contributed by atoms with Crippen molar-refractivity contribution in [3.63, 3.8) is 0 Å². The average molecular weight is 413 g/mol. The molecule has 4 aromatic rings. The second kappa shape index (κ2) is 7.50. The number of hydrogen-bond acceptors (Lipinski definition) is 4. The van der Waals surface area contributed by atoms with Gasteiger partial charge in [0.15, 0.2) is 0 Å². The number of aromatic nitrogens is 3. The highest BCUT2D eigenvalue weighted by Gasteiger charge is 2.14. The fraction of sp³-hybridized carbons (Fsp3) is 0.0500. The zero-order valence-electron chi connectivity index (χ0n) is 14.7. The van der Waals surface area contributed by atoms with Gasteiger partial charge in [0.1, 0.15) is 17.4 Å². The molecular weight excluding hydrogens is 399 g/mol. The first-order valence-electron chi connectivity index (χ1n) is 8.36. The monoisotopic (exact) mass is 412 g/mol. The number of halogens is 2. The summed E-state index contributed by atoms with van der Waals surface area (Å²) >= 11 is 12.5. The van der Waals surface area contributed by atoms with Gasteiger partial charge < -0.3 is 9.72 Å². The third-order valence-electron chi connectivity index (χ3n) is 3.98. The third-order valence-corrected chi connectivity index (χ3v) is 4.61. The number of nitrogens with zero attached hydrogens (tertiary/aromatic N) is 2. The van der Waals surface area contributed by atoms with Gasteiger partial charge in [0.05, 0.1) is 26.6 Å². The Balaban J connectivity index is 1.57. The molecule has 0 saturated heterocycles. The maximum atomic E-state index is 12.1. The lowest BCUT2D eigenvalue weighted by molar-refractivity contribution is 0.215. The van der Waals surface area contributed by atoms with Crippen LogP contribution in [0.3, 0.4) is 0 Å². The molecule has 0 saturated carbocycles. The fourth-order valence-corrected chi connectivity index (χ4v) is 3.32. The molecule has 28 heavy (non-hydrogen) atoms. The van der Waals surface area contributed by atoms with E-state index in [1.54, 1.807) is 48.5 Å². The van der Waals surface area contributed by atoms with E-state index in [2.05, 4.69) is 20.3 Å². The lowest BCUT2D eigenvalue weighted by Gasteiger charge is -2.06. The number of rotatable bonds is 3. The summed E-state index contributed by atoms with van der Waals surface area (Å²) in [6.07, 6.45) is -0.637. The van der Waals surface area contributed by atoms with Crippen molar-refractivity contribution in [2.75, 3.05) is 5.32 Å². The van der Waals surface area contributed by atoms with Crippen LogP contribution in [-0.4, -0.2) is 21.0 Å². The summed E-state index contributed by atoms with van der Waals surface area (Å²) in [4.78, 5) is 24.0. The van der Waals surface area contributed by atoms with Crippen LogP contribution in [0, 0.1) is 6.92 Å². The molecule has 2 aromatic heterocycles. The van der Waals surface area contributed by atoms with Crippen molar-refractivity contribution < 1.29 is 9.53 Å². The van der Waals surface area contributed by atoms with Crippen molar-refractivity contribution in [3.8, 4) is 17.1 Å². The number of hydrogen-bond donors (Lipinski definition) is 2. The Kier molecular flexibility index (Phi) is 4.90. The van der Waals surface area contributed by atoms with Crippen LogP contribution in [0.1, 0.15) is 5.69 Å². The van der Waals surface area contributed by atoms with Gasteiger partial charge >= 0.3 is 6.09 Å². The highest BCUT2D eigenvalue weighted by Crippen LogP contribution is 2.34. The van der Waals surface area contributed by atoms with Gasteiger partial charge in [-0.2, -0.15) is 0 Å². The molecule has 0 aliphatic heterocycles.